The van der Waals surface area contributed by atoms with Crippen molar-refractivity contribution in [2.45, 2.75) is 11.4 Å². The minimum absolute atomic E-state index is 0.156. The predicted octanol–water partition coefficient (Wildman–Crippen LogP) is 2.05. The molecule has 7 nitrogen and oxygen atoms in total. The van der Waals surface area contributed by atoms with Gasteiger partial charge in [0, 0.05) is 31.2 Å². The van der Waals surface area contributed by atoms with Gasteiger partial charge in [-0.25, -0.2) is 0 Å². The minimum Gasteiger partial charge on any atom is -0.454 e. The summed E-state index contributed by atoms with van der Waals surface area (Å²) in [5.41, 5.74) is 2.71. The summed E-state index contributed by atoms with van der Waals surface area (Å²) >= 11 is 1.44. The van der Waals surface area contributed by atoms with E-state index in [2.05, 4.69) is 5.32 Å². The molecule has 1 aliphatic rings. The molecule has 0 saturated heterocycles. The van der Waals surface area contributed by atoms with Gasteiger partial charge in [-0.05, 0) is 29.8 Å². The molecule has 0 saturated carbocycles. The smallest absolute Gasteiger partial charge is 0.326 e. The lowest BCUT2D eigenvalue weighted by Crippen LogP contribution is -2.40. The number of carbonyl (C=O) groups excluding carboxylic acids is 3. The van der Waals surface area contributed by atoms with Gasteiger partial charge in [0.25, 0.3) is 5.91 Å². The lowest BCUT2D eigenvalue weighted by Gasteiger charge is -2.27. The van der Waals surface area contributed by atoms with Crippen LogP contribution in [0.2, 0.25) is 0 Å². The number of carbonyl (C=O) groups is 3. The van der Waals surface area contributed by atoms with Crippen LogP contribution < -0.4 is 15.1 Å². The number of nitrogens with zero attached hydrogens (tertiary/aromatic N) is 2. The summed E-state index contributed by atoms with van der Waals surface area (Å²) in [4.78, 5) is 40.6. The first-order valence-electron chi connectivity index (χ1n) is 9.15. The van der Waals surface area contributed by atoms with Crippen molar-refractivity contribution in [3.8, 4) is 0 Å². The first-order chi connectivity index (χ1) is 13.9. The van der Waals surface area contributed by atoms with Crippen molar-refractivity contribution in [3.63, 3.8) is 0 Å². The maximum absolute atomic E-state index is 12.2. The average Bonchev–Trinajstić information content (AvgIpc) is 2.73. The van der Waals surface area contributed by atoms with E-state index >= 15 is 0 Å². The normalized spacial score (nSPS) is 12.9. The van der Waals surface area contributed by atoms with Crippen LogP contribution in [0.15, 0.2) is 53.4 Å². The highest BCUT2D eigenvalue weighted by molar-refractivity contribution is 8.00. The second kappa shape index (κ2) is 9.47. The highest BCUT2D eigenvalue weighted by atomic mass is 32.2. The molecule has 0 bridgehead atoms. The van der Waals surface area contributed by atoms with Crippen molar-refractivity contribution >= 4 is 40.9 Å². The van der Waals surface area contributed by atoms with Gasteiger partial charge in [0.05, 0.1) is 11.4 Å². The van der Waals surface area contributed by atoms with Gasteiger partial charge in [0.2, 0.25) is 5.91 Å². The summed E-state index contributed by atoms with van der Waals surface area (Å²) in [5.74, 6) is -0.894. The number of para-hydroxylation sites is 1. The third kappa shape index (κ3) is 5.51. The van der Waals surface area contributed by atoms with Crippen molar-refractivity contribution in [1.29, 1.82) is 0 Å². The van der Waals surface area contributed by atoms with E-state index in [1.54, 1.807) is 6.07 Å². The lowest BCUT2D eigenvalue weighted by molar-refractivity contribution is -0.147. The number of anilines is 2. The van der Waals surface area contributed by atoms with Crippen LogP contribution in [-0.4, -0.2) is 50.8 Å². The number of fused-ring (bicyclic) bond motifs is 1. The fraction of sp³-hybridized carbons (Fsp3) is 0.286. The molecule has 2 amide bonds. The van der Waals surface area contributed by atoms with E-state index in [9.17, 15) is 14.4 Å². The van der Waals surface area contributed by atoms with Crippen LogP contribution in [0.4, 0.5) is 11.4 Å². The molecule has 0 fully saturated rings. The molecule has 0 aromatic heterocycles. The molecular formula is C21H23N3O4S. The van der Waals surface area contributed by atoms with E-state index in [4.69, 9.17) is 4.74 Å². The van der Waals surface area contributed by atoms with Crippen LogP contribution in [0.25, 0.3) is 0 Å². The van der Waals surface area contributed by atoms with Gasteiger partial charge in [0.15, 0.2) is 6.61 Å². The van der Waals surface area contributed by atoms with E-state index in [0.717, 1.165) is 16.1 Å². The van der Waals surface area contributed by atoms with Crippen molar-refractivity contribution in [1.82, 2.24) is 5.32 Å². The molecule has 1 heterocycles. The van der Waals surface area contributed by atoms with Crippen LogP contribution in [-0.2, 0) is 25.7 Å². The zero-order chi connectivity index (χ0) is 20.8. The van der Waals surface area contributed by atoms with E-state index in [-0.39, 0.29) is 24.8 Å². The fourth-order valence-electron chi connectivity index (χ4n) is 2.81. The number of benzene rings is 2. The minimum atomic E-state index is -0.620. The quantitative estimate of drug-likeness (QED) is 0.700. The second-order valence-electron chi connectivity index (χ2n) is 6.73. The molecule has 0 aliphatic carbocycles. The summed E-state index contributed by atoms with van der Waals surface area (Å²) in [6.07, 6.45) is 0. The maximum atomic E-state index is 12.2. The Bertz CT molecular complexity index is 899. The first-order valence-corrected chi connectivity index (χ1v) is 10.1. The van der Waals surface area contributed by atoms with Crippen molar-refractivity contribution in [2.24, 2.45) is 0 Å². The highest BCUT2D eigenvalue weighted by Gasteiger charge is 2.26. The van der Waals surface area contributed by atoms with Crippen molar-refractivity contribution < 1.29 is 19.1 Å². The average molecular weight is 413 g/mol. The predicted molar refractivity (Wildman–Crippen MR) is 113 cm³/mol. The van der Waals surface area contributed by atoms with Gasteiger partial charge in [-0.1, -0.05) is 24.3 Å². The van der Waals surface area contributed by atoms with Crippen LogP contribution in [0.1, 0.15) is 5.56 Å². The summed E-state index contributed by atoms with van der Waals surface area (Å²) in [7, 11) is 3.92. The summed E-state index contributed by atoms with van der Waals surface area (Å²) in [6.45, 7) is -0.248. The molecule has 0 spiro atoms. The van der Waals surface area contributed by atoms with Crippen LogP contribution in [0.5, 0.6) is 0 Å². The van der Waals surface area contributed by atoms with Gasteiger partial charge in [-0.15, -0.1) is 11.8 Å². The van der Waals surface area contributed by atoms with Crippen molar-refractivity contribution in [3.05, 3.63) is 54.1 Å². The number of esters is 1. The first kappa shape index (κ1) is 20.7. The largest absolute Gasteiger partial charge is 0.454 e. The van der Waals surface area contributed by atoms with Gasteiger partial charge in [0.1, 0.15) is 6.54 Å². The Morgan fingerprint density at radius 2 is 1.86 bits per heavy atom. The Morgan fingerprint density at radius 3 is 2.59 bits per heavy atom. The molecule has 0 atom stereocenters. The monoisotopic (exact) mass is 413 g/mol. The maximum Gasteiger partial charge on any atom is 0.326 e. The number of thioether (sulfide) groups is 1. The Balaban J connectivity index is 1.46. The highest BCUT2D eigenvalue weighted by Crippen LogP contribution is 2.34. The van der Waals surface area contributed by atoms with Gasteiger partial charge in [-0.3, -0.25) is 19.3 Å². The van der Waals surface area contributed by atoms with Crippen LogP contribution in [0.3, 0.4) is 0 Å². The number of amides is 2. The molecule has 0 radical (unpaired) electrons. The summed E-state index contributed by atoms with van der Waals surface area (Å²) < 4.78 is 5.05. The lowest BCUT2D eigenvalue weighted by atomic mass is 10.2. The van der Waals surface area contributed by atoms with Gasteiger partial charge >= 0.3 is 5.97 Å². The Kier molecular flexibility index (Phi) is 6.77. The molecular weight excluding hydrogens is 390 g/mol. The topological polar surface area (TPSA) is 79.0 Å². The second-order valence-corrected chi connectivity index (χ2v) is 7.75. The molecule has 3 rings (SSSR count). The van der Waals surface area contributed by atoms with Gasteiger partial charge < -0.3 is 15.0 Å². The third-order valence-corrected chi connectivity index (χ3v) is 5.45. The van der Waals surface area contributed by atoms with E-state index in [1.165, 1.54) is 16.7 Å². The van der Waals surface area contributed by atoms with E-state index in [1.807, 2.05) is 61.5 Å². The number of hydrogen-bond acceptors (Lipinski definition) is 6. The molecule has 1 N–H and O–H groups in total. The molecule has 2 aromatic carbocycles. The molecule has 1 aliphatic heterocycles. The van der Waals surface area contributed by atoms with E-state index in [0.29, 0.717) is 12.2 Å². The number of hydrogen-bond donors (Lipinski definition) is 1. The molecule has 29 heavy (non-hydrogen) atoms. The number of nitrogens with one attached hydrogen (secondary N) is 1. The fourth-order valence-corrected chi connectivity index (χ4v) is 3.75. The Labute approximate surface area is 174 Å². The zero-order valence-electron chi connectivity index (χ0n) is 16.4. The summed E-state index contributed by atoms with van der Waals surface area (Å²) in [6, 6.07) is 15.2. The molecule has 152 valence electrons. The van der Waals surface area contributed by atoms with Crippen LogP contribution in [0, 0.1) is 0 Å². The van der Waals surface area contributed by atoms with Crippen molar-refractivity contribution in [2.75, 3.05) is 42.8 Å². The number of ether oxygens (including phenoxy) is 1. The van der Waals surface area contributed by atoms with Crippen LogP contribution >= 0.6 is 11.8 Å². The molecule has 0 unspecified atom stereocenters. The SMILES string of the molecule is CN(C)c1ccc(CNC(=O)COC(=O)CN2C(=O)CSc3ccccc32)cc1. The third-order valence-electron chi connectivity index (χ3n) is 4.40. The van der Waals surface area contributed by atoms with E-state index < -0.39 is 11.9 Å². The molecule has 8 heteroatoms. The Hall–Kier alpha value is -3.00. The Morgan fingerprint density at radius 1 is 1.14 bits per heavy atom. The van der Waals surface area contributed by atoms with Gasteiger partial charge in [-0.2, -0.15) is 0 Å². The number of rotatable bonds is 7. The standard InChI is InChI=1S/C21H23N3O4S/c1-23(2)16-9-7-15(8-10-16)11-22-19(25)13-28-21(27)12-24-17-5-3-4-6-18(17)29-14-20(24)26/h3-10H,11-14H2,1-2H3,(H,22,25). The molecule has 2 aromatic rings. The zero-order valence-corrected chi connectivity index (χ0v) is 17.2. The summed E-state index contributed by atoms with van der Waals surface area (Å²) in [5, 5.41) is 2.72.